The van der Waals surface area contributed by atoms with Crippen LogP contribution in [0.25, 0.3) is 221 Å². The lowest BCUT2D eigenvalue weighted by molar-refractivity contribution is 1.17. The summed E-state index contributed by atoms with van der Waals surface area (Å²) in [6.07, 6.45) is 0. The molecule has 23 rings (SSSR count). The van der Waals surface area contributed by atoms with E-state index < -0.39 is 0 Å². The van der Waals surface area contributed by atoms with Gasteiger partial charge in [-0.2, -0.15) is 0 Å². The van der Waals surface area contributed by atoms with Crippen LogP contribution in [0.15, 0.2) is 346 Å². The van der Waals surface area contributed by atoms with Gasteiger partial charge in [0.25, 0.3) is 0 Å². The van der Waals surface area contributed by atoms with Gasteiger partial charge in [0.2, 0.25) is 0 Å². The van der Waals surface area contributed by atoms with Crippen LogP contribution in [0.3, 0.4) is 0 Å². The number of hydrogen-bond acceptors (Lipinski definition) is 5. The normalized spacial score (nSPS) is 12.2. The molecule has 0 amide bonds. The number of aromatic nitrogens is 5. The summed E-state index contributed by atoms with van der Waals surface area (Å²) in [6.45, 7) is 0. The minimum atomic E-state index is 0.658. The maximum atomic E-state index is 5.69. The third-order valence-corrected chi connectivity index (χ3v) is 25.5. The maximum absolute atomic E-state index is 5.69. The van der Waals surface area contributed by atoms with E-state index in [1.54, 1.807) is 0 Å². The minimum absolute atomic E-state index is 0.658. The number of benzene rings is 16. The van der Waals surface area contributed by atoms with E-state index in [2.05, 4.69) is 359 Å². The molecular weight excluding hydrogens is 1340 g/mol. The molecule has 0 N–H and O–H groups in total. The van der Waals surface area contributed by atoms with E-state index >= 15 is 0 Å². The van der Waals surface area contributed by atoms with Gasteiger partial charge in [0.15, 0.2) is 5.82 Å². The largest absolute Gasteiger partial charge is 0.309 e. The molecule has 0 atom stereocenters. The summed E-state index contributed by atoms with van der Waals surface area (Å²) in [5.41, 5.74) is 23.3. The summed E-state index contributed by atoms with van der Waals surface area (Å²) in [5, 5.41) is 16.2. The van der Waals surface area contributed by atoms with Crippen molar-refractivity contribution in [1.29, 1.82) is 0 Å². The Balaban J connectivity index is 0.632. The van der Waals surface area contributed by atoms with Crippen LogP contribution in [0.4, 0.5) is 0 Å². The van der Waals surface area contributed by atoms with Crippen LogP contribution in [0.2, 0.25) is 0 Å². The number of thiophene rings is 3. The SMILES string of the molecule is c1cc(-c2nc(-c3ccc(-n4c5ccccc5c5cc(-c6ccc7c(c6)sc6ccccc67)ccc54)cc3)c3cc(-c4ccc(-n5c6ccccc6c6cc(-c7ccc8c(c7)sc7ccccc78)ccc65)cc4)ccc3n2)cc(-n2c3ccccc3c3cc(-c4ccc5c(c4)sc4ccccc45)ccc32)c1. The molecule has 8 heteroatoms. The minimum Gasteiger partial charge on any atom is -0.309 e. The molecule has 23 aromatic rings. The fourth-order valence-corrected chi connectivity index (χ4v) is 20.5. The van der Waals surface area contributed by atoms with E-state index in [1.807, 2.05) is 34.0 Å². The first kappa shape index (κ1) is 59.4. The Labute approximate surface area is 619 Å². The summed E-state index contributed by atoms with van der Waals surface area (Å²) in [7, 11) is 0. The van der Waals surface area contributed by atoms with Gasteiger partial charge in [-0.25, -0.2) is 9.97 Å². The molecule has 0 radical (unpaired) electrons. The zero-order valence-electron chi connectivity index (χ0n) is 56.9. The molecule has 5 nitrogen and oxygen atoms in total. The molecule has 7 aromatic heterocycles. The zero-order chi connectivity index (χ0) is 69.2. The number of para-hydroxylation sites is 3. The fourth-order valence-electron chi connectivity index (χ4n) is 17.0. The third-order valence-electron chi connectivity index (χ3n) is 22.1. The first-order valence-corrected chi connectivity index (χ1v) is 38.4. The van der Waals surface area contributed by atoms with Gasteiger partial charge >= 0.3 is 0 Å². The van der Waals surface area contributed by atoms with Gasteiger partial charge in [0.05, 0.1) is 44.3 Å². The first-order valence-electron chi connectivity index (χ1n) is 36.0. The molecule has 0 aliphatic carbocycles. The topological polar surface area (TPSA) is 40.6 Å². The van der Waals surface area contributed by atoms with Crippen LogP contribution >= 0.6 is 34.0 Å². The van der Waals surface area contributed by atoms with Crippen molar-refractivity contribution in [1.82, 2.24) is 23.7 Å². The maximum Gasteiger partial charge on any atom is 0.160 e. The third kappa shape index (κ3) is 9.25. The highest BCUT2D eigenvalue weighted by Gasteiger charge is 2.22. The van der Waals surface area contributed by atoms with Crippen LogP contribution in [0.5, 0.6) is 0 Å². The molecular formula is C98H57N5S3. The van der Waals surface area contributed by atoms with Crippen LogP contribution in [-0.4, -0.2) is 23.7 Å². The Morgan fingerprint density at radius 1 is 0.179 bits per heavy atom. The van der Waals surface area contributed by atoms with Crippen molar-refractivity contribution >= 4 is 171 Å². The Morgan fingerprint density at radius 2 is 0.509 bits per heavy atom. The summed E-state index contributed by atoms with van der Waals surface area (Å²) >= 11 is 5.59. The lowest BCUT2D eigenvalue weighted by Crippen LogP contribution is -1.99. The molecule has 16 aromatic carbocycles. The standard InChI is InChI=1S/C98H57N5S3/c1-7-22-85-71(16-1)80-51-61(64-32-43-77-74-19-4-10-25-91(74)104-94(77)55-64)36-47-88(80)101(85)68-39-28-58(29-40-68)60-35-46-84-83(54-60)97(59-30-41-69(42-31-59)102-86-23-8-2-17-72(86)81-52-62(37-48-89(81)102)65-33-44-78-75-20-5-11-26-92(75)105-95(78)56-65)100-98(99-84)67-14-13-15-70(50-67)103-87-24-9-3-18-73(87)82-53-63(38-49-90(82)103)66-34-45-79-76-21-6-12-27-93(76)106-96(79)57-66/h1-57H. The molecule has 7 heterocycles. The van der Waals surface area contributed by atoms with Crippen LogP contribution in [-0.2, 0) is 0 Å². The predicted molar refractivity (Wildman–Crippen MR) is 454 cm³/mol. The second kappa shape index (κ2) is 23.2. The lowest BCUT2D eigenvalue weighted by atomic mass is 9.99. The van der Waals surface area contributed by atoms with E-state index in [0.717, 1.165) is 78.0 Å². The predicted octanol–water partition coefficient (Wildman–Crippen LogP) is 28.0. The molecule has 0 bridgehead atoms. The summed E-state index contributed by atoms with van der Waals surface area (Å²) in [5.74, 6) is 0.658. The summed E-state index contributed by atoms with van der Waals surface area (Å²) in [4.78, 5) is 11.2. The Bertz CT molecular complexity index is 7650. The molecule has 0 unspecified atom stereocenters. The number of hydrogen-bond donors (Lipinski definition) is 0. The Kier molecular flexibility index (Phi) is 13.0. The van der Waals surface area contributed by atoms with Crippen LogP contribution in [0.1, 0.15) is 0 Å². The van der Waals surface area contributed by atoms with Crippen molar-refractivity contribution in [2.75, 3.05) is 0 Å². The smallest absolute Gasteiger partial charge is 0.160 e. The first-order chi connectivity index (χ1) is 52.5. The van der Waals surface area contributed by atoms with Crippen LogP contribution in [0, 0.1) is 0 Å². The fraction of sp³-hybridized carbons (Fsp3) is 0. The highest BCUT2D eigenvalue weighted by Crippen LogP contribution is 2.45. The number of rotatable bonds is 9. The molecule has 0 saturated heterocycles. The molecule has 492 valence electrons. The average Bonchev–Trinajstić information content (AvgIpc) is 1.48. The summed E-state index contributed by atoms with van der Waals surface area (Å²) < 4.78 is 15.1. The van der Waals surface area contributed by atoms with E-state index in [1.165, 1.54) is 137 Å². The highest BCUT2D eigenvalue weighted by molar-refractivity contribution is 7.26. The Hall–Kier alpha value is -13.1. The van der Waals surface area contributed by atoms with Crippen molar-refractivity contribution in [3.8, 4) is 84.2 Å². The molecule has 0 spiro atoms. The lowest BCUT2D eigenvalue weighted by Gasteiger charge is -2.14. The van der Waals surface area contributed by atoms with E-state index in [0.29, 0.717) is 5.82 Å². The number of nitrogens with zero attached hydrogens (tertiary/aromatic N) is 5. The van der Waals surface area contributed by atoms with Crippen molar-refractivity contribution in [2.24, 2.45) is 0 Å². The van der Waals surface area contributed by atoms with Gasteiger partial charge in [-0.1, -0.05) is 206 Å². The van der Waals surface area contributed by atoms with Gasteiger partial charge < -0.3 is 13.7 Å². The summed E-state index contributed by atoms with van der Waals surface area (Å²) in [6, 6.07) is 128. The Morgan fingerprint density at radius 3 is 0.962 bits per heavy atom. The zero-order valence-corrected chi connectivity index (χ0v) is 59.3. The highest BCUT2D eigenvalue weighted by atomic mass is 32.1. The quantitative estimate of drug-likeness (QED) is 0.144. The van der Waals surface area contributed by atoms with Gasteiger partial charge in [-0.15, -0.1) is 34.0 Å². The van der Waals surface area contributed by atoms with Gasteiger partial charge in [0, 0.05) is 126 Å². The van der Waals surface area contributed by atoms with Crippen molar-refractivity contribution < 1.29 is 0 Å². The van der Waals surface area contributed by atoms with Crippen LogP contribution < -0.4 is 0 Å². The van der Waals surface area contributed by atoms with E-state index in [-0.39, 0.29) is 0 Å². The van der Waals surface area contributed by atoms with Crippen molar-refractivity contribution in [3.05, 3.63) is 346 Å². The second-order valence-corrected chi connectivity index (χ2v) is 31.2. The molecule has 106 heavy (non-hydrogen) atoms. The van der Waals surface area contributed by atoms with E-state index in [9.17, 15) is 0 Å². The number of fused-ring (bicyclic) bond motifs is 19. The van der Waals surface area contributed by atoms with Crippen molar-refractivity contribution in [3.63, 3.8) is 0 Å². The molecule has 0 aliphatic rings. The molecule has 0 fully saturated rings. The van der Waals surface area contributed by atoms with E-state index in [4.69, 9.17) is 9.97 Å². The van der Waals surface area contributed by atoms with Gasteiger partial charge in [-0.05, 0) is 184 Å². The van der Waals surface area contributed by atoms with Gasteiger partial charge in [-0.3, -0.25) is 0 Å². The van der Waals surface area contributed by atoms with Crippen molar-refractivity contribution in [2.45, 2.75) is 0 Å². The monoisotopic (exact) mass is 1400 g/mol. The molecule has 0 saturated carbocycles. The van der Waals surface area contributed by atoms with Gasteiger partial charge in [0.1, 0.15) is 0 Å². The molecule has 0 aliphatic heterocycles. The average molecular weight is 1400 g/mol. The second-order valence-electron chi connectivity index (χ2n) is 28.0.